The van der Waals surface area contributed by atoms with E-state index in [9.17, 15) is 4.79 Å². The summed E-state index contributed by atoms with van der Waals surface area (Å²) in [5, 5.41) is 0. The van der Waals surface area contributed by atoms with E-state index in [1.807, 2.05) is 0 Å². The first kappa shape index (κ1) is 11.9. The van der Waals surface area contributed by atoms with Crippen molar-refractivity contribution in [1.82, 2.24) is 0 Å². The fraction of sp³-hybridized carbons (Fsp3) is 0.909. The highest BCUT2D eigenvalue weighted by Crippen LogP contribution is 2.40. The maximum absolute atomic E-state index is 11.8. The van der Waals surface area contributed by atoms with Crippen molar-refractivity contribution in [2.45, 2.75) is 45.4 Å². The normalized spacial score (nSPS) is 19.6. The molecule has 1 aliphatic rings. The lowest BCUT2D eigenvalue weighted by Gasteiger charge is -2.24. The largest absolute Gasteiger partial charge is 0.465 e. The molecular weight excluding hydrogens is 196 g/mol. The Morgan fingerprint density at radius 3 is 2.57 bits per heavy atom. The van der Waals surface area contributed by atoms with Crippen molar-refractivity contribution in [3.05, 3.63) is 0 Å². The van der Waals surface area contributed by atoms with Crippen LogP contribution in [0.3, 0.4) is 0 Å². The third-order valence-corrected chi connectivity index (χ3v) is 3.63. The van der Waals surface area contributed by atoms with Gasteiger partial charge in [0.1, 0.15) is 0 Å². The second kappa shape index (κ2) is 5.64. The Kier molecular flexibility index (Phi) is 4.79. The number of carbonyl (C=O) groups excluding carboxylic acids is 1. The lowest BCUT2D eigenvalue weighted by molar-refractivity contribution is -0.154. The third kappa shape index (κ3) is 2.66. The van der Waals surface area contributed by atoms with Crippen LogP contribution < -0.4 is 0 Å². The SMILES string of the molecule is CCCCOC(=O)C1(CS)CCCC1. The highest BCUT2D eigenvalue weighted by Gasteiger charge is 2.41. The number of rotatable bonds is 5. The summed E-state index contributed by atoms with van der Waals surface area (Å²) in [5.74, 6) is 0.622. The number of ether oxygens (including phenoxy) is 1. The van der Waals surface area contributed by atoms with Gasteiger partial charge in [0.25, 0.3) is 0 Å². The Morgan fingerprint density at radius 2 is 2.07 bits per heavy atom. The van der Waals surface area contributed by atoms with E-state index in [2.05, 4.69) is 19.6 Å². The summed E-state index contributed by atoms with van der Waals surface area (Å²) in [6.45, 7) is 2.67. The van der Waals surface area contributed by atoms with Crippen LogP contribution in [0.15, 0.2) is 0 Å². The molecule has 0 amide bonds. The zero-order chi connectivity index (χ0) is 10.4. The fourth-order valence-corrected chi connectivity index (χ4v) is 2.39. The molecular formula is C11H20O2S. The van der Waals surface area contributed by atoms with Crippen LogP contribution in [0.5, 0.6) is 0 Å². The highest BCUT2D eigenvalue weighted by molar-refractivity contribution is 7.80. The minimum atomic E-state index is -0.253. The minimum absolute atomic E-state index is 0.0153. The van der Waals surface area contributed by atoms with Crippen LogP contribution in [0.2, 0.25) is 0 Å². The summed E-state index contributed by atoms with van der Waals surface area (Å²) < 4.78 is 5.27. The van der Waals surface area contributed by atoms with Gasteiger partial charge in [0, 0.05) is 5.75 Å². The fourth-order valence-electron chi connectivity index (χ4n) is 1.94. The third-order valence-electron chi connectivity index (χ3n) is 3.03. The van der Waals surface area contributed by atoms with Crippen LogP contribution in [-0.2, 0) is 9.53 Å². The number of unbranched alkanes of at least 4 members (excludes halogenated alkanes) is 1. The zero-order valence-corrected chi connectivity index (χ0v) is 9.81. The lowest BCUT2D eigenvalue weighted by atomic mass is 9.89. The molecule has 2 nitrogen and oxygen atoms in total. The first-order valence-electron chi connectivity index (χ1n) is 5.53. The van der Waals surface area contributed by atoms with Crippen LogP contribution in [0.1, 0.15) is 45.4 Å². The Morgan fingerprint density at radius 1 is 1.43 bits per heavy atom. The molecule has 0 N–H and O–H groups in total. The van der Waals surface area contributed by atoms with Crippen molar-refractivity contribution in [3.8, 4) is 0 Å². The Balaban J connectivity index is 2.40. The van der Waals surface area contributed by atoms with Gasteiger partial charge in [-0.15, -0.1) is 0 Å². The second-order valence-electron chi connectivity index (χ2n) is 4.14. The summed E-state index contributed by atoms with van der Waals surface area (Å²) in [7, 11) is 0. The van der Waals surface area contributed by atoms with E-state index in [1.54, 1.807) is 0 Å². The van der Waals surface area contributed by atoms with Gasteiger partial charge in [-0.25, -0.2) is 0 Å². The summed E-state index contributed by atoms with van der Waals surface area (Å²) in [6, 6.07) is 0. The Hall–Kier alpha value is -0.180. The predicted octanol–water partition coefficient (Wildman–Crippen LogP) is 2.82. The van der Waals surface area contributed by atoms with E-state index >= 15 is 0 Å². The average molecular weight is 216 g/mol. The van der Waals surface area contributed by atoms with Crippen LogP contribution in [-0.4, -0.2) is 18.3 Å². The number of hydrogen-bond donors (Lipinski definition) is 1. The summed E-state index contributed by atoms with van der Waals surface area (Å²) in [5.41, 5.74) is -0.253. The van der Waals surface area contributed by atoms with Crippen molar-refractivity contribution >= 4 is 18.6 Å². The van der Waals surface area contributed by atoms with Crippen molar-refractivity contribution in [3.63, 3.8) is 0 Å². The van der Waals surface area contributed by atoms with Gasteiger partial charge in [-0.05, 0) is 19.3 Å². The van der Waals surface area contributed by atoms with Crippen LogP contribution in [0.25, 0.3) is 0 Å². The van der Waals surface area contributed by atoms with E-state index in [1.165, 1.54) is 0 Å². The molecule has 1 rings (SSSR count). The molecule has 0 aromatic heterocycles. The first-order valence-corrected chi connectivity index (χ1v) is 6.16. The lowest BCUT2D eigenvalue weighted by Crippen LogP contribution is -2.32. The maximum Gasteiger partial charge on any atom is 0.312 e. The predicted molar refractivity (Wildman–Crippen MR) is 60.6 cm³/mol. The van der Waals surface area contributed by atoms with Gasteiger partial charge in [0.2, 0.25) is 0 Å². The molecule has 0 heterocycles. The molecule has 1 saturated carbocycles. The molecule has 0 saturated heterocycles. The summed E-state index contributed by atoms with van der Waals surface area (Å²) >= 11 is 4.28. The molecule has 0 bridgehead atoms. The van der Waals surface area contributed by atoms with Crippen LogP contribution in [0.4, 0.5) is 0 Å². The summed E-state index contributed by atoms with van der Waals surface area (Å²) in [4.78, 5) is 11.8. The monoisotopic (exact) mass is 216 g/mol. The zero-order valence-electron chi connectivity index (χ0n) is 8.92. The molecule has 0 aromatic rings. The number of thiol groups is 1. The van der Waals surface area contributed by atoms with E-state index in [0.717, 1.165) is 38.5 Å². The summed E-state index contributed by atoms with van der Waals surface area (Å²) in [6.07, 6.45) is 6.24. The molecule has 0 spiro atoms. The molecule has 0 radical (unpaired) electrons. The molecule has 0 aromatic carbocycles. The van der Waals surface area contributed by atoms with E-state index in [4.69, 9.17) is 4.74 Å². The highest BCUT2D eigenvalue weighted by atomic mass is 32.1. The standard InChI is InChI=1S/C11H20O2S/c1-2-3-8-13-10(12)11(9-14)6-4-5-7-11/h14H,2-9H2,1H3. The molecule has 1 aliphatic carbocycles. The van der Waals surface area contributed by atoms with Crippen LogP contribution in [0, 0.1) is 5.41 Å². The van der Waals surface area contributed by atoms with Crippen molar-refractivity contribution in [2.75, 3.05) is 12.4 Å². The van der Waals surface area contributed by atoms with Gasteiger partial charge >= 0.3 is 5.97 Å². The minimum Gasteiger partial charge on any atom is -0.465 e. The molecule has 0 aliphatic heterocycles. The molecule has 0 unspecified atom stereocenters. The molecule has 14 heavy (non-hydrogen) atoms. The molecule has 0 atom stereocenters. The van der Waals surface area contributed by atoms with Gasteiger partial charge in [-0.1, -0.05) is 26.2 Å². The van der Waals surface area contributed by atoms with Gasteiger partial charge < -0.3 is 4.74 Å². The second-order valence-corrected chi connectivity index (χ2v) is 4.45. The topological polar surface area (TPSA) is 26.3 Å². The number of hydrogen-bond acceptors (Lipinski definition) is 3. The van der Waals surface area contributed by atoms with E-state index in [-0.39, 0.29) is 11.4 Å². The Labute approximate surface area is 91.8 Å². The average Bonchev–Trinajstić information content (AvgIpc) is 2.67. The van der Waals surface area contributed by atoms with E-state index in [0.29, 0.717) is 12.4 Å². The van der Waals surface area contributed by atoms with E-state index < -0.39 is 0 Å². The smallest absolute Gasteiger partial charge is 0.312 e. The van der Waals surface area contributed by atoms with Crippen molar-refractivity contribution < 1.29 is 9.53 Å². The van der Waals surface area contributed by atoms with Crippen LogP contribution >= 0.6 is 12.6 Å². The Bertz CT molecular complexity index is 186. The first-order chi connectivity index (χ1) is 6.75. The van der Waals surface area contributed by atoms with Gasteiger partial charge in [-0.2, -0.15) is 12.6 Å². The number of esters is 1. The van der Waals surface area contributed by atoms with Gasteiger partial charge in [-0.3, -0.25) is 4.79 Å². The maximum atomic E-state index is 11.8. The number of carbonyl (C=O) groups is 1. The molecule has 82 valence electrons. The van der Waals surface area contributed by atoms with Crippen molar-refractivity contribution in [1.29, 1.82) is 0 Å². The molecule has 1 fully saturated rings. The molecule has 3 heteroatoms. The van der Waals surface area contributed by atoms with Gasteiger partial charge in [0.15, 0.2) is 0 Å². The van der Waals surface area contributed by atoms with Gasteiger partial charge in [0.05, 0.1) is 12.0 Å². The quantitative estimate of drug-likeness (QED) is 0.434. The van der Waals surface area contributed by atoms with Crippen molar-refractivity contribution in [2.24, 2.45) is 5.41 Å².